The zero-order valence-electron chi connectivity index (χ0n) is 10.4. The van der Waals surface area contributed by atoms with Gasteiger partial charge in [0.05, 0.1) is 12.1 Å². The molecule has 0 spiro atoms. The fraction of sp³-hybridized carbons (Fsp3) is 0.200. The van der Waals surface area contributed by atoms with Crippen LogP contribution in [0.2, 0.25) is 0 Å². The quantitative estimate of drug-likeness (QED) is 0.673. The molecule has 0 radical (unpaired) electrons. The summed E-state index contributed by atoms with van der Waals surface area (Å²) in [5.74, 6) is -0.144. The molecule has 4 nitrogen and oxygen atoms in total. The first-order valence-corrected chi connectivity index (χ1v) is 6.07. The highest BCUT2D eigenvalue weighted by Gasteiger charge is 2.18. The predicted octanol–water partition coefficient (Wildman–Crippen LogP) is 1.70. The first-order valence-electron chi connectivity index (χ1n) is 6.07. The van der Waals surface area contributed by atoms with Crippen molar-refractivity contribution in [1.82, 2.24) is 0 Å². The van der Waals surface area contributed by atoms with E-state index in [1.807, 2.05) is 30.3 Å². The van der Waals surface area contributed by atoms with Gasteiger partial charge in [-0.05, 0) is 23.3 Å². The van der Waals surface area contributed by atoms with Gasteiger partial charge in [0, 0.05) is 12.5 Å². The Hall–Kier alpha value is -2.04. The molecule has 2 atom stereocenters. The highest BCUT2D eigenvalue weighted by molar-refractivity contribution is 5.38. The van der Waals surface area contributed by atoms with E-state index in [0.717, 1.165) is 5.56 Å². The SMILES string of the molecule is N[C@H](c1cc(O)cc(O)c1)[C@@H](O)Cc1ccccc1. The molecule has 2 rings (SSSR count). The zero-order chi connectivity index (χ0) is 13.8. The average molecular weight is 259 g/mol. The summed E-state index contributed by atoms with van der Waals surface area (Å²) in [7, 11) is 0. The van der Waals surface area contributed by atoms with Gasteiger partial charge in [0.25, 0.3) is 0 Å². The van der Waals surface area contributed by atoms with Crippen LogP contribution in [0.4, 0.5) is 0 Å². The minimum absolute atomic E-state index is 0.0719. The molecule has 2 aromatic carbocycles. The van der Waals surface area contributed by atoms with Crippen molar-refractivity contribution < 1.29 is 15.3 Å². The van der Waals surface area contributed by atoms with Crippen LogP contribution >= 0.6 is 0 Å². The Bertz CT molecular complexity index is 522. The number of aliphatic hydroxyl groups excluding tert-OH is 1. The molecular formula is C15H17NO3. The summed E-state index contributed by atoms with van der Waals surface area (Å²) in [6.45, 7) is 0. The van der Waals surface area contributed by atoms with Gasteiger partial charge in [-0.1, -0.05) is 30.3 Å². The Morgan fingerprint density at radius 3 is 2.11 bits per heavy atom. The maximum Gasteiger partial charge on any atom is 0.119 e. The summed E-state index contributed by atoms with van der Waals surface area (Å²) < 4.78 is 0. The lowest BCUT2D eigenvalue weighted by molar-refractivity contribution is 0.145. The highest BCUT2D eigenvalue weighted by Crippen LogP contribution is 2.26. The van der Waals surface area contributed by atoms with Crippen LogP contribution in [-0.4, -0.2) is 21.4 Å². The van der Waals surface area contributed by atoms with Gasteiger partial charge in [0.15, 0.2) is 0 Å². The molecule has 0 amide bonds. The van der Waals surface area contributed by atoms with Crippen molar-refractivity contribution in [1.29, 1.82) is 0 Å². The van der Waals surface area contributed by atoms with Crippen LogP contribution < -0.4 is 5.73 Å². The molecule has 0 aliphatic carbocycles. The maximum atomic E-state index is 10.1. The summed E-state index contributed by atoms with van der Waals surface area (Å²) in [5, 5.41) is 29.0. The van der Waals surface area contributed by atoms with Crippen LogP contribution in [0.5, 0.6) is 11.5 Å². The molecule has 0 fully saturated rings. The van der Waals surface area contributed by atoms with Gasteiger partial charge < -0.3 is 21.1 Å². The van der Waals surface area contributed by atoms with Crippen LogP contribution in [0.25, 0.3) is 0 Å². The number of nitrogens with two attached hydrogens (primary N) is 1. The molecule has 0 aromatic heterocycles. The molecule has 2 aromatic rings. The fourth-order valence-corrected chi connectivity index (χ4v) is 2.02. The van der Waals surface area contributed by atoms with Gasteiger partial charge in [-0.25, -0.2) is 0 Å². The molecular weight excluding hydrogens is 242 g/mol. The Balaban J connectivity index is 2.12. The minimum atomic E-state index is -0.788. The molecule has 0 heterocycles. The maximum absolute atomic E-state index is 10.1. The Morgan fingerprint density at radius 1 is 0.947 bits per heavy atom. The molecule has 0 saturated heterocycles. The third-order valence-electron chi connectivity index (χ3n) is 3.01. The van der Waals surface area contributed by atoms with Crippen molar-refractivity contribution in [3.63, 3.8) is 0 Å². The van der Waals surface area contributed by atoms with E-state index in [4.69, 9.17) is 5.73 Å². The second kappa shape index (κ2) is 5.73. The monoisotopic (exact) mass is 259 g/mol. The van der Waals surface area contributed by atoms with Crippen LogP contribution in [0.15, 0.2) is 48.5 Å². The van der Waals surface area contributed by atoms with E-state index >= 15 is 0 Å². The van der Waals surface area contributed by atoms with Gasteiger partial charge in [-0.2, -0.15) is 0 Å². The molecule has 5 N–H and O–H groups in total. The van der Waals surface area contributed by atoms with E-state index in [1.54, 1.807) is 0 Å². The summed E-state index contributed by atoms with van der Waals surface area (Å²) in [6, 6.07) is 13.0. The first-order chi connectivity index (χ1) is 9.06. The smallest absolute Gasteiger partial charge is 0.119 e. The lowest BCUT2D eigenvalue weighted by Crippen LogP contribution is -2.28. The normalized spacial score (nSPS) is 14.0. The number of benzene rings is 2. The number of aromatic hydroxyl groups is 2. The largest absolute Gasteiger partial charge is 0.508 e. The summed E-state index contributed by atoms with van der Waals surface area (Å²) >= 11 is 0. The number of aliphatic hydroxyl groups is 1. The van der Waals surface area contributed by atoms with Crippen molar-refractivity contribution in [3.8, 4) is 11.5 Å². The van der Waals surface area contributed by atoms with Crippen LogP contribution in [0.1, 0.15) is 17.2 Å². The first kappa shape index (κ1) is 13.4. The fourth-order valence-electron chi connectivity index (χ4n) is 2.02. The number of hydrogen-bond donors (Lipinski definition) is 4. The van der Waals surface area contributed by atoms with Gasteiger partial charge in [-0.15, -0.1) is 0 Å². The van der Waals surface area contributed by atoms with Gasteiger partial charge >= 0.3 is 0 Å². The average Bonchev–Trinajstić information content (AvgIpc) is 2.37. The van der Waals surface area contributed by atoms with E-state index in [1.165, 1.54) is 18.2 Å². The van der Waals surface area contributed by atoms with E-state index in [0.29, 0.717) is 12.0 Å². The topological polar surface area (TPSA) is 86.7 Å². The van der Waals surface area contributed by atoms with Crippen LogP contribution in [0.3, 0.4) is 0 Å². The van der Waals surface area contributed by atoms with Crippen molar-refractivity contribution in [2.24, 2.45) is 5.73 Å². The molecule has 0 bridgehead atoms. The minimum Gasteiger partial charge on any atom is -0.508 e. The van der Waals surface area contributed by atoms with Gasteiger partial charge in [-0.3, -0.25) is 0 Å². The van der Waals surface area contributed by atoms with E-state index in [9.17, 15) is 15.3 Å². The third kappa shape index (κ3) is 3.47. The van der Waals surface area contributed by atoms with Crippen molar-refractivity contribution in [3.05, 3.63) is 59.7 Å². The molecule has 100 valence electrons. The lowest BCUT2D eigenvalue weighted by Gasteiger charge is -2.19. The second-order valence-electron chi connectivity index (χ2n) is 4.57. The van der Waals surface area contributed by atoms with Crippen molar-refractivity contribution in [2.75, 3.05) is 0 Å². The lowest BCUT2D eigenvalue weighted by atomic mass is 9.96. The second-order valence-corrected chi connectivity index (χ2v) is 4.57. The van der Waals surface area contributed by atoms with E-state index in [2.05, 4.69) is 0 Å². The van der Waals surface area contributed by atoms with Crippen molar-refractivity contribution >= 4 is 0 Å². The van der Waals surface area contributed by atoms with E-state index in [-0.39, 0.29) is 11.5 Å². The molecule has 0 aliphatic heterocycles. The molecule has 0 unspecified atom stereocenters. The number of phenolic OH excluding ortho intramolecular Hbond substituents is 2. The molecule has 0 aliphatic rings. The summed E-state index contributed by atoms with van der Waals surface area (Å²) in [6.07, 6.45) is -0.373. The van der Waals surface area contributed by atoms with E-state index < -0.39 is 12.1 Å². The highest BCUT2D eigenvalue weighted by atomic mass is 16.3. The van der Waals surface area contributed by atoms with Crippen molar-refractivity contribution in [2.45, 2.75) is 18.6 Å². The number of hydrogen-bond acceptors (Lipinski definition) is 4. The van der Waals surface area contributed by atoms with Crippen LogP contribution in [0, 0.1) is 0 Å². The Morgan fingerprint density at radius 2 is 1.53 bits per heavy atom. The Labute approximate surface area is 111 Å². The van der Waals surface area contributed by atoms with Gasteiger partial charge in [0.1, 0.15) is 11.5 Å². The standard InChI is InChI=1S/C15H17NO3/c16-15(11-7-12(17)9-13(18)8-11)14(19)6-10-4-2-1-3-5-10/h1-5,7-9,14-15,17-19H,6,16H2/t14-,15+/m0/s1. The Kier molecular flexibility index (Phi) is 4.04. The summed E-state index contributed by atoms with van der Waals surface area (Å²) in [4.78, 5) is 0. The third-order valence-corrected chi connectivity index (χ3v) is 3.01. The molecule has 19 heavy (non-hydrogen) atoms. The number of phenols is 2. The predicted molar refractivity (Wildman–Crippen MR) is 72.9 cm³/mol. The summed E-state index contributed by atoms with van der Waals surface area (Å²) in [5.41, 5.74) is 7.43. The molecule has 4 heteroatoms. The number of rotatable bonds is 4. The van der Waals surface area contributed by atoms with Gasteiger partial charge in [0.2, 0.25) is 0 Å². The van der Waals surface area contributed by atoms with Crippen LogP contribution in [-0.2, 0) is 6.42 Å². The zero-order valence-corrected chi connectivity index (χ0v) is 10.4. The molecule has 0 saturated carbocycles.